The fraction of sp³-hybridized carbons (Fsp3) is 0.250. The van der Waals surface area contributed by atoms with Crippen LogP contribution in [0, 0.1) is 13.7 Å². The molecule has 1 rings (SSSR count). The highest BCUT2D eigenvalue weighted by Gasteiger charge is 2.17. The Balaban J connectivity index is 3.34. The predicted molar refractivity (Wildman–Crippen MR) is 60.3 cm³/mol. The molecule has 0 amide bonds. The van der Waals surface area contributed by atoms with E-state index in [0.29, 0.717) is 14.9 Å². The Labute approximate surface area is 94.5 Å². The van der Waals surface area contributed by atoms with Crippen LogP contribution in [0.25, 0.3) is 0 Å². The second kappa shape index (κ2) is 4.56. The topological polar surface area (TPSA) is 78.4 Å². The highest BCUT2D eigenvalue weighted by molar-refractivity contribution is 14.1. The number of nitrogens with zero attached hydrogens (tertiary/aromatic N) is 1. The number of methoxy groups -OCH3 is 1. The van der Waals surface area contributed by atoms with Gasteiger partial charge in [-0.3, -0.25) is 10.1 Å². The minimum atomic E-state index is -0.430. The van der Waals surface area contributed by atoms with Crippen LogP contribution in [0.5, 0.6) is 5.75 Å². The number of hydrogen-bond acceptors (Lipinski definition) is 4. The number of halogens is 1. The molecule has 1 aromatic rings. The maximum Gasteiger partial charge on any atom is 0.283 e. The van der Waals surface area contributed by atoms with E-state index in [1.807, 2.05) is 22.6 Å². The Hall–Kier alpha value is -0.890. The molecule has 76 valence electrons. The van der Waals surface area contributed by atoms with Crippen molar-refractivity contribution < 1.29 is 9.66 Å². The van der Waals surface area contributed by atoms with Crippen LogP contribution in [0.3, 0.4) is 0 Å². The number of nitro benzene ring substituents is 1. The van der Waals surface area contributed by atoms with Gasteiger partial charge in [0.15, 0.2) is 0 Å². The van der Waals surface area contributed by atoms with Crippen molar-refractivity contribution in [3.8, 4) is 5.75 Å². The molecule has 0 aromatic heterocycles. The van der Waals surface area contributed by atoms with Crippen LogP contribution in [-0.2, 0) is 6.54 Å². The summed E-state index contributed by atoms with van der Waals surface area (Å²) >= 11 is 1.90. The van der Waals surface area contributed by atoms with Crippen LogP contribution in [0.15, 0.2) is 12.1 Å². The molecule has 0 heterocycles. The van der Waals surface area contributed by atoms with Gasteiger partial charge in [-0.15, -0.1) is 0 Å². The Morgan fingerprint density at radius 2 is 2.29 bits per heavy atom. The molecular weight excluding hydrogens is 299 g/mol. The van der Waals surface area contributed by atoms with Gasteiger partial charge in [0.2, 0.25) is 0 Å². The molecule has 0 saturated heterocycles. The third-order valence-electron chi connectivity index (χ3n) is 1.80. The molecule has 0 radical (unpaired) electrons. The van der Waals surface area contributed by atoms with E-state index in [0.717, 1.165) is 0 Å². The molecule has 0 bridgehead atoms. The van der Waals surface area contributed by atoms with Crippen LogP contribution in [0.1, 0.15) is 5.56 Å². The third-order valence-corrected chi connectivity index (χ3v) is 3.00. The molecule has 14 heavy (non-hydrogen) atoms. The van der Waals surface area contributed by atoms with Gasteiger partial charge in [0.1, 0.15) is 5.75 Å². The Morgan fingerprint density at radius 3 is 2.71 bits per heavy atom. The third kappa shape index (κ3) is 1.95. The molecule has 0 spiro atoms. The van der Waals surface area contributed by atoms with Crippen molar-refractivity contribution in [3.63, 3.8) is 0 Å². The van der Waals surface area contributed by atoms with Gasteiger partial charge in [0.05, 0.1) is 15.6 Å². The summed E-state index contributed by atoms with van der Waals surface area (Å²) in [5.74, 6) is 0.586. The Morgan fingerprint density at radius 1 is 1.64 bits per heavy atom. The number of benzene rings is 1. The lowest BCUT2D eigenvalue weighted by Gasteiger charge is -2.08. The molecule has 0 unspecified atom stereocenters. The summed E-state index contributed by atoms with van der Waals surface area (Å²) in [6.45, 7) is 0.225. The Bertz CT molecular complexity index is 368. The molecule has 0 aliphatic carbocycles. The average molecular weight is 308 g/mol. The molecule has 2 N–H and O–H groups in total. The summed E-state index contributed by atoms with van der Waals surface area (Å²) in [6, 6.07) is 2.97. The summed E-state index contributed by atoms with van der Waals surface area (Å²) in [7, 11) is 1.51. The van der Waals surface area contributed by atoms with Crippen LogP contribution >= 0.6 is 22.6 Å². The van der Waals surface area contributed by atoms with E-state index >= 15 is 0 Å². The van der Waals surface area contributed by atoms with Crippen molar-refractivity contribution in [2.45, 2.75) is 6.54 Å². The number of nitrogens with two attached hydrogens (primary N) is 1. The van der Waals surface area contributed by atoms with Gasteiger partial charge in [0.25, 0.3) is 5.69 Å². The largest absolute Gasteiger partial charge is 0.496 e. The SMILES string of the molecule is COc1ccc([N+](=O)[O-])c(I)c1CN. The second-order valence-electron chi connectivity index (χ2n) is 2.54. The molecule has 0 atom stereocenters. The van der Waals surface area contributed by atoms with Crippen LogP contribution in [0.4, 0.5) is 5.69 Å². The summed E-state index contributed by atoms with van der Waals surface area (Å²) in [6.07, 6.45) is 0. The minimum absolute atomic E-state index is 0.0619. The van der Waals surface area contributed by atoms with Crippen molar-refractivity contribution >= 4 is 28.3 Å². The first-order valence-electron chi connectivity index (χ1n) is 3.81. The molecule has 1 aromatic carbocycles. The normalized spacial score (nSPS) is 9.93. The van der Waals surface area contributed by atoms with Crippen LogP contribution in [0.2, 0.25) is 0 Å². The quantitative estimate of drug-likeness (QED) is 0.523. The van der Waals surface area contributed by atoms with Gasteiger partial charge in [-0.05, 0) is 28.7 Å². The molecule has 0 fully saturated rings. The maximum atomic E-state index is 10.6. The van der Waals surface area contributed by atoms with E-state index in [-0.39, 0.29) is 12.2 Å². The summed E-state index contributed by atoms with van der Waals surface area (Å²) < 4.78 is 5.58. The first-order valence-corrected chi connectivity index (χ1v) is 4.89. The minimum Gasteiger partial charge on any atom is -0.496 e. The molecular formula is C8H9IN2O3. The molecule has 0 saturated carbocycles. The second-order valence-corrected chi connectivity index (χ2v) is 3.62. The fourth-order valence-electron chi connectivity index (χ4n) is 1.11. The summed E-state index contributed by atoms with van der Waals surface area (Å²) in [5, 5.41) is 10.6. The number of nitro groups is 1. The average Bonchev–Trinajstić information content (AvgIpc) is 2.16. The van der Waals surface area contributed by atoms with E-state index < -0.39 is 4.92 Å². The fourth-order valence-corrected chi connectivity index (χ4v) is 1.98. The van der Waals surface area contributed by atoms with Crippen molar-refractivity contribution in [2.24, 2.45) is 5.73 Å². The smallest absolute Gasteiger partial charge is 0.283 e. The summed E-state index contributed by atoms with van der Waals surface area (Å²) in [4.78, 5) is 10.2. The zero-order chi connectivity index (χ0) is 10.7. The van der Waals surface area contributed by atoms with Gasteiger partial charge in [-0.25, -0.2) is 0 Å². The molecule has 0 aliphatic heterocycles. The number of rotatable bonds is 3. The monoisotopic (exact) mass is 308 g/mol. The van der Waals surface area contributed by atoms with Gasteiger partial charge in [0, 0.05) is 18.2 Å². The molecule has 6 heteroatoms. The highest BCUT2D eigenvalue weighted by atomic mass is 127. The highest BCUT2D eigenvalue weighted by Crippen LogP contribution is 2.30. The van der Waals surface area contributed by atoms with Gasteiger partial charge in [-0.2, -0.15) is 0 Å². The van der Waals surface area contributed by atoms with E-state index in [1.54, 1.807) is 6.07 Å². The lowest BCUT2D eigenvalue weighted by Crippen LogP contribution is -2.04. The van der Waals surface area contributed by atoms with E-state index in [4.69, 9.17) is 10.5 Å². The maximum absolute atomic E-state index is 10.6. The zero-order valence-corrected chi connectivity index (χ0v) is 9.65. The zero-order valence-electron chi connectivity index (χ0n) is 7.49. The van der Waals surface area contributed by atoms with E-state index in [2.05, 4.69) is 0 Å². The first-order chi connectivity index (χ1) is 6.61. The van der Waals surface area contributed by atoms with Gasteiger partial charge < -0.3 is 10.5 Å². The van der Waals surface area contributed by atoms with Gasteiger partial charge in [-0.1, -0.05) is 0 Å². The van der Waals surface area contributed by atoms with Crippen molar-refractivity contribution in [1.82, 2.24) is 0 Å². The van der Waals surface area contributed by atoms with E-state index in [9.17, 15) is 10.1 Å². The summed E-state index contributed by atoms with van der Waals surface area (Å²) in [5.41, 5.74) is 6.22. The predicted octanol–water partition coefficient (Wildman–Crippen LogP) is 1.67. The lowest BCUT2D eigenvalue weighted by atomic mass is 10.2. The standard InChI is InChI=1S/C8H9IN2O3/c1-14-7-3-2-6(11(12)13)8(9)5(7)4-10/h2-3H,4,10H2,1H3. The van der Waals surface area contributed by atoms with Crippen LogP contribution < -0.4 is 10.5 Å². The van der Waals surface area contributed by atoms with Crippen molar-refractivity contribution in [1.29, 1.82) is 0 Å². The number of ether oxygens (including phenoxy) is 1. The number of hydrogen-bond donors (Lipinski definition) is 1. The first kappa shape index (κ1) is 11.2. The molecule has 5 nitrogen and oxygen atoms in total. The lowest BCUT2D eigenvalue weighted by molar-refractivity contribution is -0.385. The van der Waals surface area contributed by atoms with Crippen molar-refractivity contribution in [2.75, 3.05) is 7.11 Å². The van der Waals surface area contributed by atoms with Gasteiger partial charge >= 0.3 is 0 Å². The van der Waals surface area contributed by atoms with E-state index in [1.165, 1.54) is 13.2 Å². The molecule has 0 aliphatic rings. The Kier molecular flexibility index (Phi) is 3.64. The van der Waals surface area contributed by atoms with Crippen LogP contribution in [-0.4, -0.2) is 12.0 Å². The van der Waals surface area contributed by atoms with Crippen molar-refractivity contribution in [3.05, 3.63) is 31.4 Å².